The van der Waals surface area contributed by atoms with Gasteiger partial charge in [0.15, 0.2) is 0 Å². The number of carbonyl (C=O) groups excluding carboxylic acids is 1. The first-order valence-corrected chi connectivity index (χ1v) is 7.37. The van der Waals surface area contributed by atoms with E-state index in [9.17, 15) is 4.79 Å². The lowest BCUT2D eigenvalue weighted by Crippen LogP contribution is -2.23. The molecule has 0 aliphatic carbocycles. The fraction of sp³-hybridized carbons (Fsp3) is 0.176. The van der Waals surface area contributed by atoms with Gasteiger partial charge in [-0.2, -0.15) is 5.10 Å². The van der Waals surface area contributed by atoms with Crippen LogP contribution in [-0.4, -0.2) is 32.8 Å². The summed E-state index contributed by atoms with van der Waals surface area (Å²) >= 11 is 0. The van der Waals surface area contributed by atoms with Gasteiger partial charge in [-0.25, -0.2) is 4.98 Å². The van der Waals surface area contributed by atoms with Crippen LogP contribution in [-0.2, 0) is 13.6 Å². The standard InChI is InChI=1S/C17H17N5O2/c1-22-11-15(10-21-22)14-5-12(6-18-8-14)7-20-17(23)13-3-4-16(24-2)19-9-13/h3-6,8-11H,7H2,1-2H3,(H,20,23). The monoisotopic (exact) mass is 323 g/mol. The zero-order valence-corrected chi connectivity index (χ0v) is 13.4. The van der Waals surface area contributed by atoms with Gasteiger partial charge >= 0.3 is 0 Å². The molecule has 3 aromatic rings. The second-order valence-electron chi connectivity index (χ2n) is 5.26. The minimum Gasteiger partial charge on any atom is -0.481 e. The fourth-order valence-electron chi connectivity index (χ4n) is 2.23. The highest BCUT2D eigenvalue weighted by Gasteiger charge is 2.07. The van der Waals surface area contributed by atoms with Crippen LogP contribution in [0.3, 0.4) is 0 Å². The van der Waals surface area contributed by atoms with Crippen molar-refractivity contribution in [1.82, 2.24) is 25.1 Å². The molecule has 1 N–H and O–H groups in total. The Morgan fingerprint density at radius 2 is 2.08 bits per heavy atom. The summed E-state index contributed by atoms with van der Waals surface area (Å²) in [5, 5.41) is 7.01. The van der Waals surface area contributed by atoms with Gasteiger partial charge in [0.2, 0.25) is 5.88 Å². The Morgan fingerprint density at radius 1 is 1.21 bits per heavy atom. The fourth-order valence-corrected chi connectivity index (χ4v) is 2.23. The van der Waals surface area contributed by atoms with Crippen molar-refractivity contribution in [3.63, 3.8) is 0 Å². The Labute approximate surface area is 139 Å². The Kier molecular flexibility index (Phi) is 4.51. The maximum Gasteiger partial charge on any atom is 0.253 e. The van der Waals surface area contributed by atoms with Gasteiger partial charge in [0, 0.05) is 55.6 Å². The van der Waals surface area contributed by atoms with Gasteiger partial charge in [-0.05, 0) is 17.7 Å². The summed E-state index contributed by atoms with van der Waals surface area (Å²) in [5.74, 6) is 0.275. The summed E-state index contributed by atoms with van der Waals surface area (Å²) in [6.07, 6.45) is 8.69. The average molecular weight is 323 g/mol. The van der Waals surface area contributed by atoms with Crippen LogP contribution in [0.5, 0.6) is 5.88 Å². The number of rotatable bonds is 5. The third-order valence-corrected chi connectivity index (χ3v) is 3.49. The van der Waals surface area contributed by atoms with E-state index < -0.39 is 0 Å². The minimum atomic E-state index is -0.197. The number of hydrogen-bond acceptors (Lipinski definition) is 5. The van der Waals surface area contributed by atoms with Crippen molar-refractivity contribution in [2.45, 2.75) is 6.54 Å². The van der Waals surface area contributed by atoms with Crippen LogP contribution in [0, 0.1) is 0 Å². The summed E-state index contributed by atoms with van der Waals surface area (Å²) in [4.78, 5) is 20.4. The SMILES string of the molecule is COc1ccc(C(=O)NCc2cncc(-c3cnn(C)c3)c2)cn1. The molecule has 0 spiro atoms. The highest BCUT2D eigenvalue weighted by molar-refractivity contribution is 5.93. The second-order valence-corrected chi connectivity index (χ2v) is 5.26. The lowest BCUT2D eigenvalue weighted by atomic mass is 10.1. The first-order chi connectivity index (χ1) is 11.7. The van der Waals surface area contributed by atoms with Gasteiger partial charge in [0.1, 0.15) is 0 Å². The first kappa shape index (κ1) is 15.7. The summed E-state index contributed by atoms with van der Waals surface area (Å²) in [7, 11) is 3.40. The molecule has 122 valence electrons. The summed E-state index contributed by atoms with van der Waals surface area (Å²) < 4.78 is 6.71. The summed E-state index contributed by atoms with van der Waals surface area (Å²) in [6, 6.07) is 5.31. The van der Waals surface area contributed by atoms with Crippen LogP contribution in [0.25, 0.3) is 11.1 Å². The number of aromatic nitrogens is 4. The van der Waals surface area contributed by atoms with Gasteiger partial charge in [-0.1, -0.05) is 0 Å². The molecule has 0 saturated heterocycles. The normalized spacial score (nSPS) is 10.4. The third-order valence-electron chi connectivity index (χ3n) is 3.49. The first-order valence-electron chi connectivity index (χ1n) is 7.37. The number of amides is 1. The van der Waals surface area contributed by atoms with Crippen molar-refractivity contribution < 1.29 is 9.53 Å². The van der Waals surface area contributed by atoms with Crippen LogP contribution < -0.4 is 10.1 Å². The predicted molar refractivity (Wildman–Crippen MR) is 88.4 cm³/mol. The quantitative estimate of drug-likeness (QED) is 0.774. The van der Waals surface area contributed by atoms with Crippen molar-refractivity contribution in [2.24, 2.45) is 7.05 Å². The molecular weight excluding hydrogens is 306 g/mol. The lowest BCUT2D eigenvalue weighted by molar-refractivity contribution is 0.0950. The number of carbonyl (C=O) groups is 1. The van der Waals surface area contributed by atoms with Gasteiger partial charge in [0.05, 0.1) is 18.9 Å². The number of methoxy groups -OCH3 is 1. The number of nitrogens with one attached hydrogen (secondary N) is 1. The number of pyridine rings is 2. The van der Waals surface area contributed by atoms with Crippen LogP contribution in [0.15, 0.2) is 49.2 Å². The summed E-state index contributed by atoms with van der Waals surface area (Å²) in [6.45, 7) is 0.381. The molecule has 0 bridgehead atoms. The molecule has 0 fully saturated rings. The van der Waals surface area contributed by atoms with E-state index in [1.165, 1.54) is 13.3 Å². The molecule has 7 heteroatoms. The number of hydrogen-bond donors (Lipinski definition) is 1. The van der Waals surface area contributed by atoms with Crippen molar-refractivity contribution >= 4 is 5.91 Å². The Bertz CT molecular complexity index is 842. The topological polar surface area (TPSA) is 81.9 Å². The molecule has 3 heterocycles. The molecular formula is C17H17N5O2. The van der Waals surface area contributed by atoms with Crippen molar-refractivity contribution in [1.29, 1.82) is 0 Å². The predicted octanol–water partition coefficient (Wildman–Crippen LogP) is 1.82. The second kappa shape index (κ2) is 6.91. The number of nitrogens with zero attached hydrogens (tertiary/aromatic N) is 4. The molecule has 0 atom stereocenters. The molecule has 0 radical (unpaired) electrons. The van der Waals surface area contributed by atoms with Gasteiger partial charge in [-0.15, -0.1) is 0 Å². The highest BCUT2D eigenvalue weighted by Crippen LogP contribution is 2.18. The van der Waals surface area contributed by atoms with E-state index in [2.05, 4.69) is 20.4 Å². The van der Waals surface area contributed by atoms with Crippen LogP contribution in [0.2, 0.25) is 0 Å². The van der Waals surface area contributed by atoms with Crippen molar-refractivity contribution in [2.75, 3.05) is 7.11 Å². The third kappa shape index (κ3) is 3.57. The summed E-state index contributed by atoms with van der Waals surface area (Å²) in [5.41, 5.74) is 3.33. The Balaban J connectivity index is 1.66. The lowest BCUT2D eigenvalue weighted by Gasteiger charge is -2.07. The molecule has 0 aliphatic heterocycles. The zero-order chi connectivity index (χ0) is 16.9. The largest absolute Gasteiger partial charge is 0.481 e. The van der Waals surface area contributed by atoms with Gasteiger partial charge in [0.25, 0.3) is 5.91 Å². The maximum absolute atomic E-state index is 12.2. The molecule has 0 aromatic carbocycles. The van der Waals surface area contributed by atoms with E-state index in [1.807, 2.05) is 19.3 Å². The Morgan fingerprint density at radius 3 is 2.75 bits per heavy atom. The molecule has 3 aromatic heterocycles. The number of ether oxygens (including phenoxy) is 1. The van der Waals surface area contributed by atoms with E-state index in [0.29, 0.717) is 18.0 Å². The minimum absolute atomic E-state index is 0.197. The molecule has 0 unspecified atom stereocenters. The maximum atomic E-state index is 12.2. The highest BCUT2D eigenvalue weighted by atomic mass is 16.5. The van der Waals surface area contributed by atoms with E-state index in [-0.39, 0.29) is 5.91 Å². The molecule has 3 rings (SSSR count). The zero-order valence-electron chi connectivity index (χ0n) is 13.4. The van der Waals surface area contributed by atoms with Crippen LogP contribution in [0.4, 0.5) is 0 Å². The van der Waals surface area contributed by atoms with Gasteiger partial charge < -0.3 is 10.1 Å². The molecule has 24 heavy (non-hydrogen) atoms. The Hall–Kier alpha value is -3.22. The van der Waals surface area contributed by atoms with E-state index in [4.69, 9.17) is 4.74 Å². The number of aryl methyl sites for hydroxylation is 1. The molecule has 0 saturated carbocycles. The smallest absolute Gasteiger partial charge is 0.253 e. The van der Waals surface area contributed by atoms with Gasteiger partial charge in [-0.3, -0.25) is 14.5 Å². The molecule has 1 amide bonds. The van der Waals surface area contributed by atoms with E-state index >= 15 is 0 Å². The van der Waals surface area contributed by atoms with Crippen LogP contribution in [0.1, 0.15) is 15.9 Å². The van der Waals surface area contributed by atoms with E-state index in [0.717, 1.165) is 16.7 Å². The molecule has 7 nitrogen and oxygen atoms in total. The van der Waals surface area contributed by atoms with Crippen molar-refractivity contribution in [3.05, 3.63) is 60.3 Å². The van der Waals surface area contributed by atoms with Crippen molar-refractivity contribution in [3.8, 4) is 17.0 Å². The van der Waals surface area contributed by atoms with Crippen LogP contribution >= 0.6 is 0 Å². The average Bonchev–Trinajstić information content (AvgIpc) is 3.06. The molecule has 0 aliphatic rings. The van der Waals surface area contributed by atoms with E-state index in [1.54, 1.807) is 35.4 Å².